The van der Waals surface area contributed by atoms with E-state index in [1.807, 2.05) is 29.6 Å². The van der Waals surface area contributed by atoms with Gasteiger partial charge >= 0.3 is 5.97 Å². The van der Waals surface area contributed by atoms with Gasteiger partial charge in [-0.15, -0.1) is 11.3 Å². The molecule has 1 heterocycles. The second-order valence-corrected chi connectivity index (χ2v) is 9.22. The Morgan fingerprint density at radius 3 is 2.57 bits per heavy atom. The molecular formula is C20H19NO5S2. The molecule has 0 radical (unpaired) electrons. The standard InChI is InChI=1S/C20H19NO5S2/c1-25-18-8-6-15(7-9-18)19-21-17(12-27-19)11-26-20(22)16-5-3-4-14(10-16)13-28(2,23)24/h3-10,12H,11,13H2,1-2H3. The minimum absolute atomic E-state index is 0.0434. The lowest BCUT2D eigenvalue weighted by molar-refractivity contribution is 0.0468. The number of rotatable bonds is 7. The average molecular weight is 418 g/mol. The number of esters is 1. The summed E-state index contributed by atoms with van der Waals surface area (Å²) in [7, 11) is -1.56. The first kappa shape index (κ1) is 20.0. The smallest absolute Gasteiger partial charge is 0.338 e. The first-order chi connectivity index (χ1) is 13.3. The van der Waals surface area contributed by atoms with Crippen LogP contribution in [-0.4, -0.2) is 32.7 Å². The van der Waals surface area contributed by atoms with E-state index >= 15 is 0 Å². The van der Waals surface area contributed by atoms with E-state index in [-0.39, 0.29) is 12.4 Å². The highest BCUT2D eigenvalue weighted by atomic mass is 32.2. The van der Waals surface area contributed by atoms with Crippen molar-refractivity contribution < 1.29 is 22.7 Å². The van der Waals surface area contributed by atoms with Gasteiger partial charge in [-0.1, -0.05) is 12.1 Å². The van der Waals surface area contributed by atoms with Crippen LogP contribution in [0.1, 0.15) is 21.6 Å². The van der Waals surface area contributed by atoms with Gasteiger partial charge in [0.05, 0.1) is 24.1 Å². The monoisotopic (exact) mass is 417 g/mol. The quantitative estimate of drug-likeness (QED) is 0.545. The summed E-state index contributed by atoms with van der Waals surface area (Å²) in [4.78, 5) is 16.8. The van der Waals surface area contributed by atoms with Crippen molar-refractivity contribution in [3.05, 3.63) is 70.7 Å². The van der Waals surface area contributed by atoms with E-state index in [1.54, 1.807) is 25.3 Å². The van der Waals surface area contributed by atoms with Gasteiger partial charge in [0.25, 0.3) is 0 Å². The van der Waals surface area contributed by atoms with Crippen molar-refractivity contribution in [1.82, 2.24) is 4.98 Å². The Labute approximate surface area is 167 Å². The lowest BCUT2D eigenvalue weighted by Gasteiger charge is -2.05. The van der Waals surface area contributed by atoms with Crippen LogP contribution in [-0.2, 0) is 26.9 Å². The molecule has 0 unspecified atom stereocenters. The van der Waals surface area contributed by atoms with Crippen LogP contribution in [0.5, 0.6) is 5.75 Å². The SMILES string of the molecule is COc1ccc(-c2nc(COC(=O)c3cccc(CS(C)(=O)=O)c3)cs2)cc1. The topological polar surface area (TPSA) is 82.6 Å². The van der Waals surface area contributed by atoms with Gasteiger partial charge in [0.2, 0.25) is 0 Å². The number of benzene rings is 2. The molecule has 3 rings (SSSR count). The van der Waals surface area contributed by atoms with Gasteiger partial charge in [0.15, 0.2) is 9.84 Å². The Bertz CT molecular complexity index is 1070. The molecule has 146 valence electrons. The number of nitrogens with zero attached hydrogens (tertiary/aromatic N) is 1. The van der Waals surface area contributed by atoms with Crippen LogP contribution in [0.2, 0.25) is 0 Å². The molecular weight excluding hydrogens is 398 g/mol. The van der Waals surface area contributed by atoms with Crippen molar-refractivity contribution in [2.75, 3.05) is 13.4 Å². The van der Waals surface area contributed by atoms with E-state index in [1.165, 1.54) is 17.4 Å². The van der Waals surface area contributed by atoms with Gasteiger partial charge in [0.1, 0.15) is 17.4 Å². The summed E-state index contributed by atoms with van der Waals surface area (Å²) in [5.41, 5.74) is 2.47. The van der Waals surface area contributed by atoms with Crippen molar-refractivity contribution in [3.8, 4) is 16.3 Å². The van der Waals surface area contributed by atoms with E-state index in [4.69, 9.17) is 9.47 Å². The molecule has 0 N–H and O–H groups in total. The summed E-state index contributed by atoms with van der Waals surface area (Å²) in [6.07, 6.45) is 1.15. The predicted molar refractivity (Wildman–Crippen MR) is 108 cm³/mol. The molecule has 0 saturated carbocycles. The number of hydrogen-bond acceptors (Lipinski definition) is 7. The maximum Gasteiger partial charge on any atom is 0.338 e. The van der Waals surface area contributed by atoms with Gasteiger partial charge < -0.3 is 9.47 Å². The third-order valence-corrected chi connectivity index (χ3v) is 5.63. The second-order valence-electron chi connectivity index (χ2n) is 6.22. The molecule has 6 nitrogen and oxygen atoms in total. The zero-order valence-corrected chi connectivity index (χ0v) is 17.0. The fraction of sp³-hybridized carbons (Fsp3) is 0.200. The van der Waals surface area contributed by atoms with E-state index in [9.17, 15) is 13.2 Å². The minimum Gasteiger partial charge on any atom is -0.497 e. The summed E-state index contributed by atoms with van der Waals surface area (Å²) >= 11 is 1.46. The molecule has 0 aliphatic rings. The number of methoxy groups -OCH3 is 1. The summed E-state index contributed by atoms with van der Waals surface area (Å²) in [5.74, 6) is 0.132. The van der Waals surface area contributed by atoms with Gasteiger partial charge in [-0.05, 0) is 42.0 Å². The third-order valence-electron chi connectivity index (χ3n) is 3.83. The summed E-state index contributed by atoms with van der Waals surface area (Å²) in [6.45, 7) is 0.0434. The van der Waals surface area contributed by atoms with Crippen LogP contribution < -0.4 is 4.74 Å². The van der Waals surface area contributed by atoms with E-state index in [0.29, 0.717) is 16.8 Å². The number of carbonyl (C=O) groups is 1. The van der Waals surface area contributed by atoms with Crippen LogP contribution in [0.25, 0.3) is 10.6 Å². The number of thiazole rings is 1. The molecule has 8 heteroatoms. The third kappa shape index (κ3) is 5.40. The van der Waals surface area contributed by atoms with Crippen LogP contribution in [0.4, 0.5) is 0 Å². The van der Waals surface area contributed by atoms with Crippen molar-refractivity contribution in [2.45, 2.75) is 12.4 Å². The molecule has 28 heavy (non-hydrogen) atoms. The average Bonchev–Trinajstić information content (AvgIpc) is 3.14. The normalized spacial score (nSPS) is 11.2. The van der Waals surface area contributed by atoms with Crippen LogP contribution in [0.15, 0.2) is 53.9 Å². The zero-order valence-electron chi connectivity index (χ0n) is 15.4. The summed E-state index contributed by atoms with van der Waals surface area (Å²) in [6, 6.07) is 14.0. The molecule has 2 aromatic carbocycles. The molecule has 0 fully saturated rings. The largest absolute Gasteiger partial charge is 0.497 e. The number of carbonyl (C=O) groups excluding carboxylic acids is 1. The van der Waals surface area contributed by atoms with Gasteiger partial charge in [-0.2, -0.15) is 0 Å². The minimum atomic E-state index is -3.17. The first-order valence-electron chi connectivity index (χ1n) is 8.37. The molecule has 3 aromatic rings. The van der Waals surface area contributed by atoms with Gasteiger partial charge in [0, 0.05) is 17.2 Å². The van der Waals surface area contributed by atoms with Crippen molar-refractivity contribution in [2.24, 2.45) is 0 Å². The van der Waals surface area contributed by atoms with Crippen LogP contribution >= 0.6 is 11.3 Å². The highest BCUT2D eigenvalue weighted by Crippen LogP contribution is 2.26. The zero-order chi connectivity index (χ0) is 20.1. The van der Waals surface area contributed by atoms with Crippen molar-refractivity contribution in [1.29, 1.82) is 0 Å². The first-order valence-corrected chi connectivity index (χ1v) is 11.3. The fourth-order valence-electron chi connectivity index (χ4n) is 2.55. The Morgan fingerprint density at radius 1 is 1.14 bits per heavy atom. The predicted octanol–water partition coefficient (Wildman–Crippen LogP) is 3.72. The maximum absolute atomic E-state index is 12.3. The Hall–Kier alpha value is -2.71. The lowest BCUT2D eigenvalue weighted by Crippen LogP contribution is -2.07. The second kappa shape index (κ2) is 8.53. The van der Waals surface area contributed by atoms with Gasteiger partial charge in [-0.3, -0.25) is 0 Å². The van der Waals surface area contributed by atoms with Crippen molar-refractivity contribution >= 4 is 27.1 Å². The lowest BCUT2D eigenvalue weighted by atomic mass is 10.1. The van der Waals surface area contributed by atoms with Crippen LogP contribution in [0.3, 0.4) is 0 Å². The highest BCUT2D eigenvalue weighted by molar-refractivity contribution is 7.89. The number of sulfone groups is 1. The number of aromatic nitrogens is 1. The highest BCUT2D eigenvalue weighted by Gasteiger charge is 2.12. The summed E-state index contributed by atoms with van der Waals surface area (Å²) in [5, 5.41) is 2.66. The molecule has 0 aliphatic heterocycles. The molecule has 0 amide bonds. The molecule has 0 saturated heterocycles. The maximum atomic E-state index is 12.3. The van der Waals surface area contributed by atoms with E-state index in [2.05, 4.69) is 4.98 Å². The van der Waals surface area contributed by atoms with Gasteiger partial charge in [-0.25, -0.2) is 18.2 Å². The number of ether oxygens (including phenoxy) is 2. The molecule has 1 aromatic heterocycles. The Balaban J connectivity index is 1.63. The Kier molecular flexibility index (Phi) is 6.11. The van der Waals surface area contributed by atoms with E-state index in [0.717, 1.165) is 22.6 Å². The van der Waals surface area contributed by atoms with E-state index < -0.39 is 15.8 Å². The number of hydrogen-bond donors (Lipinski definition) is 0. The molecule has 0 bridgehead atoms. The van der Waals surface area contributed by atoms with Crippen molar-refractivity contribution in [3.63, 3.8) is 0 Å². The van der Waals surface area contributed by atoms with Crippen LogP contribution in [0, 0.1) is 0 Å². The molecule has 0 spiro atoms. The summed E-state index contributed by atoms with van der Waals surface area (Å²) < 4.78 is 33.3. The fourth-order valence-corrected chi connectivity index (χ4v) is 4.15. The molecule has 0 aliphatic carbocycles. The Morgan fingerprint density at radius 2 is 1.89 bits per heavy atom. The molecule has 0 atom stereocenters.